The van der Waals surface area contributed by atoms with Crippen LogP contribution in [0.3, 0.4) is 0 Å². The molecule has 19 heavy (non-hydrogen) atoms. The van der Waals surface area contributed by atoms with Gasteiger partial charge < -0.3 is 5.32 Å². The lowest BCUT2D eigenvalue weighted by Gasteiger charge is -2.21. The second-order valence-electron chi connectivity index (χ2n) is 6.75. The molecule has 116 valence electrons. The highest BCUT2D eigenvalue weighted by Crippen LogP contribution is 2.17. The molecule has 4 heteroatoms. The van der Waals surface area contributed by atoms with Crippen molar-refractivity contribution in [2.75, 3.05) is 18.8 Å². The van der Waals surface area contributed by atoms with Gasteiger partial charge in [-0.15, -0.1) is 0 Å². The quantitative estimate of drug-likeness (QED) is 0.673. The van der Waals surface area contributed by atoms with Gasteiger partial charge in [0.1, 0.15) is 0 Å². The molecule has 1 unspecified atom stereocenters. The highest BCUT2D eigenvalue weighted by atomic mass is 32.2. The van der Waals surface area contributed by atoms with Gasteiger partial charge in [0.25, 0.3) is 0 Å². The van der Waals surface area contributed by atoms with Crippen LogP contribution in [0.25, 0.3) is 0 Å². The van der Waals surface area contributed by atoms with Crippen LogP contribution in [0.5, 0.6) is 0 Å². The monoisotopic (exact) mass is 291 g/mol. The summed E-state index contributed by atoms with van der Waals surface area (Å²) in [7, 11) is -2.90. The predicted octanol–water partition coefficient (Wildman–Crippen LogP) is 3.11. The first-order valence-corrected chi connectivity index (χ1v) is 9.29. The topological polar surface area (TPSA) is 46.2 Å². The average molecular weight is 292 g/mol. The first kappa shape index (κ1) is 18.9. The molecule has 0 aliphatic carbocycles. The molecule has 1 atom stereocenters. The van der Waals surface area contributed by atoms with E-state index in [1.807, 2.05) is 0 Å². The molecule has 0 rings (SSSR count). The van der Waals surface area contributed by atoms with Crippen LogP contribution in [0.2, 0.25) is 0 Å². The minimum absolute atomic E-state index is 0.254. The van der Waals surface area contributed by atoms with Gasteiger partial charge in [-0.1, -0.05) is 27.7 Å². The van der Waals surface area contributed by atoms with E-state index in [1.165, 1.54) is 0 Å². The van der Waals surface area contributed by atoms with Crippen molar-refractivity contribution >= 4 is 9.84 Å². The normalized spacial score (nSPS) is 14.6. The third-order valence-electron chi connectivity index (χ3n) is 3.32. The van der Waals surface area contributed by atoms with E-state index in [1.54, 1.807) is 13.8 Å². The number of hydrogen-bond acceptors (Lipinski definition) is 3. The second-order valence-corrected chi connectivity index (χ2v) is 9.43. The minimum Gasteiger partial charge on any atom is -0.316 e. The number of nitrogens with one attached hydrogen (secondary N) is 1. The van der Waals surface area contributed by atoms with E-state index in [0.717, 1.165) is 25.9 Å². The maximum atomic E-state index is 11.9. The fourth-order valence-corrected chi connectivity index (χ4v) is 3.25. The van der Waals surface area contributed by atoms with Crippen LogP contribution in [0.1, 0.15) is 54.4 Å². The van der Waals surface area contributed by atoms with Crippen LogP contribution >= 0.6 is 0 Å². The molecule has 0 spiro atoms. The zero-order valence-electron chi connectivity index (χ0n) is 13.6. The smallest absolute Gasteiger partial charge is 0.152 e. The maximum Gasteiger partial charge on any atom is 0.152 e. The standard InChI is InChI=1S/C15H33NO2S/c1-12(2)9-15(11-16-10-13(3)4)7-8-19(17,18)14(5)6/h12-16H,7-11H2,1-6H3. The van der Waals surface area contributed by atoms with E-state index in [4.69, 9.17) is 0 Å². The number of sulfone groups is 1. The van der Waals surface area contributed by atoms with Crippen LogP contribution in [0, 0.1) is 17.8 Å². The molecule has 1 N–H and O–H groups in total. The first-order valence-electron chi connectivity index (χ1n) is 7.57. The van der Waals surface area contributed by atoms with Gasteiger partial charge in [0.2, 0.25) is 0 Å². The van der Waals surface area contributed by atoms with E-state index in [-0.39, 0.29) is 5.25 Å². The molecule has 0 bridgehead atoms. The molecular weight excluding hydrogens is 258 g/mol. The Hall–Kier alpha value is -0.0900. The molecule has 0 aromatic rings. The molecular formula is C15H33NO2S. The summed E-state index contributed by atoms with van der Waals surface area (Å²) in [5.74, 6) is 2.05. The van der Waals surface area contributed by atoms with Crippen molar-refractivity contribution in [3.8, 4) is 0 Å². The minimum atomic E-state index is -2.90. The molecule has 0 radical (unpaired) electrons. The molecule has 0 aromatic carbocycles. The fraction of sp³-hybridized carbons (Fsp3) is 1.00. The van der Waals surface area contributed by atoms with E-state index >= 15 is 0 Å². The van der Waals surface area contributed by atoms with E-state index in [9.17, 15) is 8.42 Å². The predicted molar refractivity (Wildman–Crippen MR) is 84.2 cm³/mol. The largest absolute Gasteiger partial charge is 0.316 e. The summed E-state index contributed by atoms with van der Waals surface area (Å²) in [6.45, 7) is 14.3. The molecule has 0 heterocycles. The van der Waals surface area contributed by atoms with Gasteiger partial charge in [0, 0.05) is 0 Å². The van der Waals surface area contributed by atoms with Crippen LogP contribution < -0.4 is 5.32 Å². The Morgan fingerprint density at radius 3 is 1.89 bits per heavy atom. The van der Waals surface area contributed by atoms with Crippen molar-refractivity contribution < 1.29 is 8.42 Å². The van der Waals surface area contributed by atoms with Gasteiger partial charge in [-0.25, -0.2) is 8.42 Å². The van der Waals surface area contributed by atoms with Crippen LogP contribution in [-0.2, 0) is 9.84 Å². The Morgan fingerprint density at radius 2 is 1.47 bits per heavy atom. The highest BCUT2D eigenvalue weighted by molar-refractivity contribution is 7.91. The third kappa shape index (κ3) is 9.44. The van der Waals surface area contributed by atoms with Crippen molar-refractivity contribution in [2.45, 2.75) is 59.6 Å². The lowest BCUT2D eigenvalue weighted by atomic mass is 9.94. The molecule has 3 nitrogen and oxygen atoms in total. The summed E-state index contributed by atoms with van der Waals surface area (Å²) in [5, 5.41) is 3.21. The Bertz CT molecular complexity index is 321. The van der Waals surface area contributed by atoms with Gasteiger partial charge in [0.05, 0.1) is 11.0 Å². The Labute approximate surface area is 120 Å². The van der Waals surface area contributed by atoms with Gasteiger partial charge in [-0.3, -0.25) is 0 Å². The SMILES string of the molecule is CC(C)CNCC(CCS(=O)(=O)C(C)C)CC(C)C. The van der Waals surface area contributed by atoms with E-state index in [2.05, 4.69) is 33.0 Å². The Kier molecular flexibility index (Phi) is 8.92. The van der Waals surface area contributed by atoms with Crippen molar-refractivity contribution in [2.24, 2.45) is 17.8 Å². The fourth-order valence-electron chi connectivity index (χ4n) is 2.11. The summed E-state index contributed by atoms with van der Waals surface area (Å²) in [6.07, 6.45) is 1.88. The molecule has 0 amide bonds. The van der Waals surface area contributed by atoms with Crippen LogP contribution in [0.15, 0.2) is 0 Å². The van der Waals surface area contributed by atoms with E-state index < -0.39 is 9.84 Å². The first-order chi connectivity index (χ1) is 8.65. The second kappa shape index (κ2) is 8.96. The molecule has 0 aliphatic heterocycles. The van der Waals surface area contributed by atoms with Crippen molar-refractivity contribution in [3.05, 3.63) is 0 Å². The lowest BCUT2D eigenvalue weighted by molar-refractivity contribution is 0.369. The van der Waals surface area contributed by atoms with Gasteiger partial charge in [0.15, 0.2) is 9.84 Å². The zero-order chi connectivity index (χ0) is 15.1. The summed E-state index contributed by atoms with van der Waals surface area (Å²) in [6, 6.07) is 0. The summed E-state index contributed by atoms with van der Waals surface area (Å²) in [4.78, 5) is 0. The zero-order valence-corrected chi connectivity index (χ0v) is 14.4. The Balaban J connectivity index is 4.28. The van der Waals surface area contributed by atoms with Gasteiger partial charge >= 0.3 is 0 Å². The highest BCUT2D eigenvalue weighted by Gasteiger charge is 2.19. The molecule has 0 aliphatic rings. The molecule has 0 aromatic heterocycles. The number of hydrogen-bond donors (Lipinski definition) is 1. The van der Waals surface area contributed by atoms with Crippen molar-refractivity contribution in [1.29, 1.82) is 0 Å². The molecule has 0 fully saturated rings. The Morgan fingerprint density at radius 1 is 0.895 bits per heavy atom. The lowest BCUT2D eigenvalue weighted by Crippen LogP contribution is -2.29. The maximum absolute atomic E-state index is 11.9. The number of rotatable bonds is 10. The van der Waals surface area contributed by atoms with Crippen LogP contribution in [0.4, 0.5) is 0 Å². The molecule has 0 saturated heterocycles. The average Bonchev–Trinajstić information content (AvgIpc) is 2.24. The third-order valence-corrected chi connectivity index (χ3v) is 5.56. The van der Waals surface area contributed by atoms with E-state index in [0.29, 0.717) is 23.5 Å². The summed E-state index contributed by atoms with van der Waals surface area (Å²) in [5.41, 5.74) is 0. The summed E-state index contributed by atoms with van der Waals surface area (Å²) < 4.78 is 23.8. The summed E-state index contributed by atoms with van der Waals surface area (Å²) >= 11 is 0. The molecule has 0 saturated carbocycles. The van der Waals surface area contributed by atoms with Crippen molar-refractivity contribution in [1.82, 2.24) is 5.32 Å². The van der Waals surface area contributed by atoms with Crippen LogP contribution in [-0.4, -0.2) is 32.5 Å². The van der Waals surface area contributed by atoms with Gasteiger partial charge in [-0.05, 0) is 57.5 Å². The van der Waals surface area contributed by atoms with Gasteiger partial charge in [-0.2, -0.15) is 0 Å². The van der Waals surface area contributed by atoms with Crippen molar-refractivity contribution in [3.63, 3.8) is 0 Å².